The number of amides is 1. The Morgan fingerprint density at radius 3 is 2.65 bits per heavy atom. The summed E-state index contributed by atoms with van der Waals surface area (Å²) >= 11 is 6.48. The highest BCUT2D eigenvalue weighted by Gasteiger charge is 2.35. The topological polar surface area (TPSA) is 106 Å². The number of oxazole rings is 1. The lowest BCUT2D eigenvalue weighted by molar-refractivity contribution is -0.135. The standard InChI is InChI=1S/C31H24ClF2N7O2/c32-22-8-4-7-20-21(29(37-30(20)22)18-5-2-1-3-6-18)9-10-27(42)40-13-19(14-40)31-26(36-17-43-31)16-41-15-25(38-39-41)28-23(33)11-35-12-24(28)34/h1-8,11-12,15,17,19,37H,9-10,13-14,16H2. The predicted octanol–water partition coefficient (Wildman–Crippen LogP) is 6.01. The van der Waals surface area contributed by atoms with Crippen molar-refractivity contribution in [1.29, 1.82) is 0 Å². The maximum Gasteiger partial charge on any atom is 0.222 e. The Labute approximate surface area is 249 Å². The zero-order chi connectivity index (χ0) is 29.5. The van der Waals surface area contributed by atoms with E-state index in [0.29, 0.717) is 42.4 Å². The van der Waals surface area contributed by atoms with Crippen molar-refractivity contribution in [1.82, 2.24) is 34.8 Å². The molecule has 43 heavy (non-hydrogen) atoms. The van der Waals surface area contributed by atoms with E-state index < -0.39 is 11.6 Å². The summed E-state index contributed by atoms with van der Waals surface area (Å²) in [5, 5.41) is 9.56. The molecular formula is C31H24ClF2N7O2. The van der Waals surface area contributed by atoms with E-state index in [4.69, 9.17) is 16.0 Å². The first kappa shape index (κ1) is 27.0. The van der Waals surface area contributed by atoms with E-state index in [-0.39, 0.29) is 29.6 Å². The fraction of sp³-hybridized carbons (Fsp3) is 0.194. The first-order chi connectivity index (χ1) is 21.0. The van der Waals surface area contributed by atoms with Gasteiger partial charge in [-0.1, -0.05) is 59.3 Å². The number of likely N-dealkylation sites (tertiary alicyclic amines) is 1. The van der Waals surface area contributed by atoms with Gasteiger partial charge in [0.1, 0.15) is 17.1 Å². The summed E-state index contributed by atoms with van der Waals surface area (Å²) in [4.78, 5) is 26.3. The number of aromatic nitrogens is 6. The zero-order valence-corrected chi connectivity index (χ0v) is 23.4. The zero-order valence-electron chi connectivity index (χ0n) is 22.7. The summed E-state index contributed by atoms with van der Waals surface area (Å²) < 4.78 is 35.4. The van der Waals surface area contributed by atoms with Gasteiger partial charge in [0.2, 0.25) is 5.91 Å². The number of para-hydroxylation sites is 1. The number of aromatic amines is 1. The van der Waals surface area contributed by atoms with Gasteiger partial charge >= 0.3 is 0 Å². The number of nitrogens with zero attached hydrogens (tertiary/aromatic N) is 6. The molecular weight excluding hydrogens is 576 g/mol. The lowest BCUT2D eigenvalue weighted by Crippen LogP contribution is -2.48. The highest BCUT2D eigenvalue weighted by Crippen LogP contribution is 2.35. The van der Waals surface area contributed by atoms with E-state index in [1.807, 2.05) is 53.4 Å². The Morgan fingerprint density at radius 2 is 1.86 bits per heavy atom. The fourth-order valence-electron chi connectivity index (χ4n) is 5.62. The predicted molar refractivity (Wildman–Crippen MR) is 155 cm³/mol. The molecule has 7 rings (SSSR count). The number of hydrogen-bond acceptors (Lipinski definition) is 6. The third-order valence-electron chi connectivity index (χ3n) is 7.78. The number of carbonyl (C=O) groups excluding carboxylic acids is 1. The molecule has 6 aromatic rings. The van der Waals surface area contributed by atoms with Crippen molar-refractivity contribution >= 4 is 28.4 Å². The van der Waals surface area contributed by atoms with Crippen LogP contribution in [0, 0.1) is 11.6 Å². The van der Waals surface area contributed by atoms with Crippen molar-refractivity contribution in [2.45, 2.75) is 25.3 Å². The molecule has 1 N–H and O–H groups in total. The first-order valence-electron chi connectivity index (χ1n) is 13.7. The van der Waals surface area contributed by atoms with Crippen LogP contribution in [0.4, 0.5) is 8.78 Å². The molecule has 0 unspecified atom stereocenters. The molecule has 1 aliphatic rings. The number of benzene rings is 2. The third kappa shape index (κ3) is 5.05. The van der Waals surface area contributed by atoms with Gasteiger partial charge in [0.05, 0.1) is 47.2 Å². The monoisotopic (exact) mass is 599 g/mol. The second-order valence-corrected chi connectivity index (χ2v) is 10.9. The molecule has 0 radical (unpaired) electrons. The molecule has 0 aliphatic carbocycles. The van der Waals surface area contributed by atoms with Crippen molar-refractivity contribution in [2.24, 2.45) is 0 Å². The number of carbonyl (C=O) groups is 1. The van der Waals surface area contributed by atoms with Crippen LogP contribution in [0.2, 0.25) is 5.02 Å². The molecule has 0 bridgehead atoms. The smallest absolute Gasteiger partial charge is 0.222 e. The first-order valence-corrected chi connectivity index (χ1v) is 14.1. The molecule has 0 saturated carbocycles. The van der Waals surface area contributed by atoms with Crippen LogP contribution in [-0.4, -0.2) is 53.8 Å². The number of fused-ring (bicyclic) bond motifs is 1. The van der Waals surface area contributed by atoms with E-state index >= 15 is 0 Å². The maximum atomic E-state index is 14.1. The second-order valence-electron chi connectivity index (χ2n) is 10.4. The van der Waals surface area contributed by atoms with Gasteiger partial charge in [-0.2, -0.15) is 0 Å². The minimum atomic E-state index is -0.821. The Kier molecular flexibility index (Phi) is 6.94. The summed E-state index contributed by atoms with van der Waals surface area (Å²) in [7, 11) is 0. The summed E-state index contributed by atoms with van der Waals surface area (Å²) in [5.41, 5.74) is 4.31. The summed E-state index contributed by atoms with van der Waals surface area (Å²) in [5.74, 6) is -0.960. The lowest BCUT2D eigenvalue weighted by atomic mass is 9.94. The fourth-order valence-corrected chi connectivity index (χ4v) is 5.84. The summed E-state index contributed by atoms with van der Waals surface area (Å²) in [6, 6.07) is 15.8. The average Bonchev–Trinajstić information content (AvgIpc) is 3.72. The maximum absolute atomic E-state index is 14.1. The Bertz CT molecular complexity index is 1930. The Morgan fingerprint density at radius 1 is 1.07 bits per heavy atom. The van der Waals surface area contributed by atoms with Crippen molar-refractivity contribution in [3.63, 3.8) is 0 Å². The number of nitrogens with one attached hydrogen (secondary N) is 1. The van der Waals surface area contributed by atoms with Crippen molar-refractivity contribution in [2.75, 3.05) is 13.1 Å². The molecule has 4 aromatic heterocycles. The SMILES string of the molecule is O=C(CCc1c(-c2ccccc2)[nH]c2c(Cl)cccc12)N1CC(c2ocnc2Cn2cc(-c3c(F)cncc3F)nn2)C1. The number of aryl methyl sites for hydroxylation is 1. The van der Waals surface area contributed by atoms with Crippen LogP contribution in [0.5, 0.6) is 0 Å². The van der Waals surface area contributed by atoms with Gasteiger partial charge in [-0.25, -0.2) is 18.4 Å². The van der Waals surface area contributed by atoms with E-state index in [9.17, 15) is 13.6 Å². The number of H-pyrrole nitrogens is 1. The minimum absolute atomic E-state index is 0.0219. The van der Waals surface area contributed by atoms with Crippen molar-refractivity contribution in [3.8, 4) is 22.5 Å². The molecule has 216 valence electrons. The minimum Gasteiger partial charge on any atom is -0.448 e. The molecule has 1 saturated heterocycles. The van der Waals surface area contributed by atoms with E-state index in [1.165, 1.54) is 17.3 Å². The van der Waals surface area contributed by atoms with Crippen LogP contribution < -0.4 is 0 Å². The number of pyridine rings is 1. The number of rotatable bonds is 8. The number of hydrogen-bond donors (Lipinski definition) is 1. The van der Waals surface area contributed by atoms with Gasteiger partial charge < -0.3 is 14.3 Å². The van der Waals surface area contributed by atoms with E-state index in [1.54, 1.807) is 0 Å². The van der Waals surface area contributed by atoms with Crippen molar-refractivity contribution < 1.29 is 18.0 Å². The van der Waals surface area contributed by atoms with Crippen LogP contribution in [-0.2, 0) is 17.8 Å². The van der Waals surface area contributed by atoms with Crippen LogP contribution in [0.1, 0.15) is 29.4 Å². The Balaban J connectivity index is 1.01. The van der Waals surface area contributed by atoms with E-state index in [2.05, 4.69) is 25.3 Å². The molecule has 12 heteroatoms. The average molecular weight is 600 g/mol. The van der Waals surface area contributed by atoms with E-state index in [0.717, 1.165) is 40.1 Å². The normalized spacial score (nSPS) is 13.5. The van der Waals surface area contributed by atoms with Gasteiger partial charge in [0.25, 0.3) is 0 Å². The Hall–Kier alpha value is -4.90. The lowest BCUT2D eigenvalue weighted by Gasteiger charge is -2.38. The molecule has 1 fully saturated rings. The van der Waals surface area contributed by atoms with Gasteiger partial charge in [-0.3, -0.25) is 9.78 Å². The molecule has 1 aliphatic heterocycles. The molecule has 5 heterocycles. The van der Waals surface area contributed by atoms with Crippen LogP contribution in [0.25, 0.3) is 33.4 Å². The van der Waals surface area contributed by atoms with Crippen molar-refractivity contribution in [3.05, 3.63) is 107 Å². The van der Waals surface area contributed by atoms with Gasteiger partial charge in [0, 0.05) is 30.6 Å². The number of halogens is 3. The quantitative estimate of drug-likeness (QED) is 0.230. The largest absolute Gasteiger partial charge is 0.448 e. The van der Waals surface area contributed by atoms with Gasteiger partial charge in [0.15, 0.2) is 18.0 Å². The molecule has 2 aromatic carbocycles. The van der Waals surface area contributed by atoms with Crippen LogP contribution in [0.3, 0.4) is 0 Å². The third-order valence-corrected chi connectivity index (χ3v) is 8.09. The van der Waals surface area contributed by atoms with Gasteiger partial charge in [-0.15, -0.1) is 5.10 Å². The highest BCUT2D eigenvalue weighted by atomic mass is 35.5. The van der Waals surface area contributed by atoms with Crippen LogP contribution in [0.15, 0.2) is 77.9 Å². The summed E-state index contributed by atoms with van der Waals surface area (Å²) in [6.45, 7) is 1.20. The molecule has 9 nitrogen and oxygen atoms in total. The highest BCUT2D eigenvalue weighted by molar-refractivity contribution is 6.35. The second kappa shape index (κ2) is 11.1. The van der Waals surface area contributed by atoms with Crippen LogP contribution >= 0.6 is 11.6 Å². The molecule has 0 spiro atoms. The molecule has 1 amide bonds. The molecule has 0 atom stereocenters. The van der Waals surface area contributed by atoms with Gasteiger partial charge in [-0.05, 0) is 23.6 Å². The summed E-state index contributed by atoms with van der Waals surface area (Å²) in [6.07, 6.45) is 5.55.